The molecule has 5 nitrogen and oxygen atoms in total. The average molecular weight is 372 g/mol. The van der Waals surface area contributed by atoms with E-state index in [1.54, 1.807) is 25.1 Å². The number of hydrogen-bond acceptors (Lipinski definition) is 3. The van der Waals surface area contributed by atoms with Gasteiger partial charge in [0.15, 0.2) is 0 Å². The second-order valence-electron chi connectivity index (χ2n) is 6.80. The topological polar surface area (TPSA) is 66.5 Å². The van der Waals surface area contributed by atoms with Crippen LogP contribution >= 0.6 is 0 Å². The quantitative estimate of drug-likeness (QED) is 0.895. The van der Waals surface area contributed by atoms with Crippen molar-refractivity contribution < 1.29 is 13.2 Å². The fraction of sp³-hybridized carbons (Fsp3) is 0.350. The molecule has 0 spiro atoms. The maximum absolute atomic E-state index is 12.8. The molecule has 0 unspecified atom stereocenters. The number of sulfonamides is 1. The van der Waals surface area contributed by atoms with Gasteiger partial charge >= 0.3 is 0 Å². The van der Waals surface area contributed by atoms with Gasteiger partial charge in [-0.3, -0.25) is 4.79 Å². The molecule has 3 rings (SSSR count). The third-order valence-electron chi connectivity index (χ3n) is 4.86. The van der Waals surface area contributed by atoms with E-state index < -0.39 is 10.0 Å². The minimum absolute atomic E-state index is 0.0400. The Hall–Kier alpha value is -2.18. The predicted molar refractivity (Wildman–Crippen MR) is 102 cm³/mol. The average Bonchev–Trinajstić information content (AvgIpc) is 2.64. The number of anilines is 1. The van der Waals surface area contributed by atoms with Crippen molar-refractivity contribution in [1.29, 1.82) is 0 Å². The summed E-state index contributed by atoms with van der Waals surface area (Å²) in [4.78, 5) is 12.8. The highest BCUT2D eigenvalue weighted by molar-refractivity contribution is 7.89. The minimum atomic E-state index is -3.50. The van der Waals surface area contributed by atoms with Gasteiger partial charge in [0.25, 0.3) is 0 Å². The molecule has 1 saturated heterocycles. The van der Waals surface area contributed by atoms with Crippen LogP contribution in [0.5, 0.6) is 0 Å². The highest BCUT2D eigenvalue weighted by Crippen LogP contribution is 2.26. The lowest BCUT2D eigenvalue weighted by molar-refractivity contribution is -0.120. The standard InChI is InChI=1S/C20H24N2O3S/c1-15-7-9-18(10-8-15)21-20(23)17-11-13-22(14-12-17)26(24,25)19-6-4-3-5-16(19)2/h3-10,17H,11-14H2,1-2H3,(H,21,23). The third-order valence-corrected chi connectivity index (χ3v) is 6.91. The molecule has 0 atom stereocenters. The Balaban J connectivity index is 1.62. The van der Waals surface area contributed by atoms with E-state index in [-0.39, 0.29) is 11.8 Å². The summed E-state index contributed by atoms with van der Waals surface area (Å²) < 4.78 is 27.2. The number of amides is 1. The van der Waals surface area contributed by atoms with Gasteiger partial charge in [0, 0.05) is 24.7 Å². The van der Waals surface area contributed by atoms with Crippen molar-refractivity contribution in [1.82, 2.24) is 4.31 Å². The van der Waals surface area contributed by atoms with Crippen LogP contribution in [0.3, 0.4) is 0 Å². The maximum Gasteiger partial charge on any atom is 0.243 e. The molecule has 0 aliphatic carbocycles. The van der Waals surface area contributed by atoms with E-state index in [0.717, 1.165) is 16.8 Å². The van der Waals surface area contributed by atoms with Crippen LogP contribution in [0.4, 0.5) is 5.69 Å². The number of hydrogen-bond donors (Lipinski definition) is 1. The summed E-state index contributed by atoms with van der Waals surface area (Å²) in [5, 5.41) is 2.93. The van der Waals surface area contributed by atoms with Crippen LogP contribution in [0.15, 0.2) is 53.4 Å². The molecule has 26 heavy (non-hydrogen) atoms. The first-order valence-electron chi connectivity index (χ1n) is 8.81. The van der Waals surface area contributed by atoms with Crippen LogP contribution in [0.25, 0.3) is 0 Å². The van der Waals surface area contributed by atoms with Gasteiger partial charge in [0.1, 0.15) is 0 Å². The van der Waals surface area contributed by atoms with Crippen LogP contribution in [0, 0.1) is 19.8 Å². The number of carbonyl (C=O) groups excluding carboxylic acids is 1. The molecule has 0 aromatic heterocycles. The Morgan fingerprint density at radius 3 is 2.23 bits per heavy atom. The lowest BCUT2D eigenvalue weighted by atomic mass is 9.97. The zero-order valence-electron chi connectivity index (χ0n) is 15.1. The molecule has 2 aromatic carbocycles. The smallest absolute Gasteiger partial charge is 0.243 e. The van der Waals surface area contributed by atoms with Crippen molar-refractivity contribution in [3.8, 4) is 0 Å². The Morgan fingerprint density at radius 1 is 1.00 bits per heavy atom. The number of aryl methyl sites for hydroxylation is 2. The van der Waals surface area contributed by atoms with Crippen LogP contribution in [-0.4, -0.2) is 31.7 Å². The van der Waals surface area contributed by atoms with E-state index in [2.05, 4.69) is 5.32 Å². The van der Waals surface area contributed by atoms with Gasteiger partial charge in [-0.2, -0.15) is 4.31 Å². The monoisotopic (exact) mass is 372 g/mol. The van der Waals surface area contributed by atoms with E-state index >= 15 is 0 Å². The molecule has 0 bridgehead atoms. The minimum Gasteiger partial charge on any atom is -0.326 e. The molecular weight excluding hydrogens is 348 g/mol. The number of piperidine rings is 1. The molecule has 6 heteroatoms. The van der Waals surface area contributed by atoms with Gasteiger partial charge in [-0.15, -0.1) is 0 Å². The highest BCUT2D eigenvalue weighted by Gasteiger charge is 2.32. The van der Waals surface area contributed by atoms with Crippen molar-refractivity contribution >= 4 is 21.6 Å². The second-order valence-corrected chi connectivity index (χ2v) is 8.71. The van der Waals surface area contributed by atoms with E-state index in [9.17, 15) is 13.2 Å². The number of carbonyl (C=O) groups is 1. The number of nitrogens with zero attached hydrogens (tertiary/aromatic N) is 1. The molecule has 2 aromatic rings. The van der Waals surface area contributed by atoms with Crippen LogP contribution in [0.1, 0.15) is 24.0 Å². The van der Waals surface area contributed by atoms with Gasteiger partial charge in [0.05, 0.1) is 4.90 Å². The fourth-order valence-electron chi connectivity index (χ4n) is 3.22. The van der Waals surface area contributed by atoms with Crippen molar-refractivity contribution in [3.63, 3.8) is 0 Å². The molecule has 138 valence electrons. The predicted octanol–water partition coefficient (Wildman–Crippen LogP) is 3.34. The number of nitrogens with one attached hydrogen (secondary N) is 1. The second kappa shape index (κ2) is 7.60. The summed E-state index contributed by atoms with van der Waals surface area (Å²) in [6, 6.07) is 14.7. The van der Waals surface area contributed by atoms with E-state index in [1.807, 2.05) is 37.3 Å². The van der Waals surface area contributed by atoms with E-state index in [1.165, 1.54) is 4.31 Å². The number of rotatable bonds is 4. The molecule has 1 fully saturated rings. The molecular formula is C20H24N2O3S. The Kier molecular flexibility index (Phi) is 5.44. The van der Waals surface area contributed by atoms with Gasteiger partial charge < -0.3 is 5.32 Å². The van der Waals surface area contributed by atoms with E-state index in [0.29, 0.717) is 30.8 Å². The molecule has 1 heterocycles. The summed E-state index contributed by atoms with van der Waals surface area (Å²) in [5.41, 5.74) is 2.65. The van der Waals surface area contributed by atoms with Gasteiger partial charge in [-0.05, 0) is 50.5 Å². The fourth-order valence-corrected chi connectivity index (χ4v) is 4.92. The Bertz CT molecular complexity index is 884. The zero-order chi connectivity index (χ0) is 18.7. The van der Waals surface area contributed by atoms with Gasteiger partial charge in [0.2, 0.25) is 15.9 Å². The molecule has 1 N–H and O–H groups in total. The third kappa shape index (κ3) is 3.97. The number of benzene rings is 2. The SMILES string of the molecule is Cc1ccc(NC(=O)C2CCN(S(=O)(=O)c3ccccc3C)CC2)cc1. The lowest BCUT2D eigenvalue weighted by Crippen LogP contribution is -2.41. The Labute approximate surface area is 155 Å². The van der Waals surface area contributed by atoms with E-state index in [4.69, 9.17) is 0 Å². The van der Waals surface area contributed by atoms with Crippen molar-refractivity contribution in [3.05, 3.63) is 59.7 Å². The first kappa shape index (κ1) is 18.6. The summed E-state index contributed by atoms with van der Waals surface area (Å²) in [6.45, 7) is 4.52. The first-order chi connectivity index (χ1) is 12.4. The van der Waals surface area contributed by atoms with Crippen molar-refractivity contribution in [2.45, 2.75) is 31.6 Å². The normalized spacial score (nSPS) is 16.4. The summed E-state index contributed by atoms with van der Waals surface area (Å²) in [5.74, 6) is -0.207. The van der Waals surface area contributed by atoms with Crippen molar-refractivity contribution in [2.75, 3.05) is 18.4 Å². The molecule has 1 aliphatic heterocycles. The molecule has 1 aliphatic rings. The maximum atomic E-state index is 12.8. The summed E-state index contributed by atoms with van der Waals surface area (Å²) in [6.07, 6.45) is 1.06. The van der Waals surface area contributed by atoms with Gasteiger partial charge in [-0.1, -0.05) is 35.9 Å². The van der Waals surface area contributed by atoms with Gasteiger partial charge in [-0.25, -0.2) is 8.42 Å². The molecule has 1 amide bonds. The Morgan fingerprint density at radius 2 is 1.62 bits per heavy atom. The lowest BCUT2D eigenvalue weighted by Gasteiger charge is -2.31. The van der Waals surface area contributed by atoms with Crippen LogP contribution in [-0.2, 0) is 14.8 Å². The zero-order valence-corrected chi connectivity index (χ0v) is 15.9. The first-order valence-corrected chi connectivity index (χ1v) is 10.3. The largest absolute Gasteiger partial charge is 0.326 e. The van der Waals surface area contributed by atoms with Crippen LogP contribution < -0.4 is 5.32 Å². The summed E-state index contributed by atoms with van der Waals surface area (Å²) in [7, 11) is -3.50. The molecule has 0 radical (unpaired) electrons. The molecule has 0 saturated carbocycles. The summed E-state index contributed by atoms with van der Waals surface area (Å²) >= 11 is 0. The van der Waals surface area contributed by atoms with Crippen molar-refractivity contribution in [2.24, 2.45) is 5.92 Å². The van der Waals surface area contributed by atoms with Crippen LogP contribution in [0.2, 0.25) is 0 Å². The highest BCUT2D eigenvalue weighted by atomic mass is 32.2.